The van der Waals surface area contributed by atoms with Crippen molar-refractivity contribution >= 4 is 6.09 Å². The molecule has 0 aliphatic rings. The third kappa shape index (κ3) is 6.86. The van der Waals surface area contributed by atoms with Gasteiger partial charge < -0.3 is 19.1 Å². The lowest BCUT2D eigenvalue weighted by atomic mass is 10.2. The van der Waals surface area contributed by atoms with E-state index in [0.717, 1.165) is 12.1 Å². The maximum atomic E-state index is 12.5. The van der Waals surface area contributed by atoms with Gasteiger partial charge in [0.2, 0.25) is 0 Å². The van der Waals surface area contributed by atoms with Gasteiger partial charge in [0.25, 0.3) is 0 Å². The highest BCUT2D eigenvalue weighted by Gasteiger charge is 2.29. The van der Waals surface area contributed by atoms with Crippen molar-refractivity contribution in [3.05, 3.63) is 66.2 Å². The minimum Gasteiger partial charge on any atom is -0.490 e. The number of halogens is 3. The van der Waals surface area contributed by atoms with E-state index in [1.165, 1.54) is 17.0 Å². The number of hydrogen-bond donors (Lipinski definition) is 0. The first-order chi connectivity index (χ1) is 13.3. The van der Waals surface area contributed by atoms with Gasteiger partial charge in [-0.2, -0.15) is 13.2 Å². The Hall–Kier alpha value is -3.16. The summed E-state index contributed by atoms with van der Waals surface area (Å²) in [5, 5.41) is 0. The third-order valence-electron chi connectivity index (χ3n) is 3.43. The number of amides is 1. The van der Waals surface area contributed by atoms with Crippen molar-refractivity contribution in [3.8, 4) is 17.2 Å². The van der Waals surface area contributed by atoms with Crippen LogP contribution >= 0.6 is 0 Å². The van der Waals surface area contributed by atoms with E-state index in [4.69, 9.17) is 14.2 Å². The van der Waals surface area contributed by atoms with Crippen molar-refractivity contribution in [1.82, 2.24) is 4.90 Å². The number of carbonyl (C=O) groups excluding carboxylic acids is 1. The molecular weight excluding hydrogens is 375 g/mol. The minimum absolute atomic E-state index is 0.203. The van der Waals surface area contributed by atoms with E-state index in [2.05, 4.69) is 0 Å². The first kappa shape index (κ1) is 21.1. The molecule has 0 aromatic heterocycles. The fourth-order valence-corrected chi connectivity index (χ4v) is 1.96. The Bertz CT molecular complexity index is 785. The summed E-state index contributed by atoms with van der Waals surface area (Å²) < 4.78 is 53.3. The Morgan fingerprint density at radius 1 is 0.857 bits per heavy atom. The quantitative estimate of drug-likeness (QED) is 0.633. The van der Waals surface area contributed by atoms with Gasteiger partial charge in [-0.05, 0) is 60.7 Å². The van der Waals surface area contributed by atoms with Crippen LogP contribution in [0.25, 0.3) is 0 Å². The van der Waals surface area contributed by atoms with Crippen LogP contribution in [0.5, 0.6) is 17.2 Å². The number of nitrogens with zero attached hydrogens (tertiary/aromatic N) is 1. The predicted molar refractivity (Wildman–Crippen MR) is 97.7 cm³/mol. The Balaban J connectivity index is 1.70. The molecule has 0 aliphatic heterocycles. The average Bonchev–Trinajstić information content (AvgIpc) is 2.65. The van der Waals surface area contributed by atoms with Crippen LogP contribution in [0.3, 0.4) is 0 Å². The fourth-order valence-electron chi connectivity index (χ4n) is 1.96. The highest BCUT2D eigenvalue weighted by molar-refractivity contribution is 5.69. The lowest BCUT2D eigenvalue weighted by Crippen LogP contribution is -2.25. The van der Waals surface area contributed by atoms with Crippen LogP contribution < -0.4 is 14.2 Å². The molecule has 28 heavy (non-hydrogen) atoms. The summed E-state index contributed by atoms with van der Waals surface area (Å²) in [7, 11) is 3.18. The molecule has 0 saturated heterocycles. The average molecular weight is 395 g/mol. The molecule has 0 atom stereocenters. The molecular formula is C20H20F3NO4. The summed E-state index contributed by atoms with van der Waals surface area (Å²) in [5.74, 6) is 1.35. The number of carbonyl (C=O) groups is 1. The van der Waals surface area contributed by atoms with Gasteiger partial charge in [0, 0.05) is 14.1 Å². The highest BCUT2D eigenvalue weighted by atomic mass is 19.4. The Morgan fingerprint density at radius 2 is 1.29 bits per heavy atom. The molecule has 5 nitrogen and oxygen atoms in total. The van der Waals surface area contributed by atoms with E-state index >= 15 is 0 Å². The first-order valence-electron chi connectivity index (χ1n) is 8.33. The number of hydrogen-bond acceptors (Lipinski definition) is 4. The summed E-state index contributed by atoms with van der Waals surface area (Å²) in [6, 6.07) is 11.1. The molecule has 2 aromatic rings. The molecule has 150 valence electrons. The van der Waals surface area contributed by atoms with E-state index in [0.29, 0.717) is 17.2 Å². The van der Waals surface area contributed by atoms with E-state index in [9.17, 15) is 18.0 Å². The Labute approximate surface area is 160 Å². The summed E-state index contributed by atoms with van der Waals surface area (Å²) in [6.45, 7) is 0.487. The lowest BCUT2D eigenvalue weighted by Gasteiger charge is -2.11. The zero-order chi connectivity index (χ0) is 20.6. The highest BCUT2D eigenvalue weighted by Crippen LogP contribution is 2.30. The van der Waals surface area contributed by atoms with Crippen molar-refractivity contribution in [2.75, 3.05) is 27.3 Å². The second kappa shape index (κ2) is 9.68. The molecule has 0 saturated carbocycles. The second-order valence-corrected chi connectivity index (χ2v) is 5.85. The summed E-state index contributed by atoms with van der Waals surface area (Å²) in [5.41, 5.74) is -0.716. The van der Waals surface area contributed by atoms with E-state index in [1.807, 2.05) is 0 Å². The first-order valence-corrected chi connectivity index (χ1v) is 8.33. The van der Waals surface area contributed by atoms with Crippen molar-refractivity contribution in [2.24, 2.45) is 0 Å². The molecule has 0 unspecified atom stereocenters. The van der Waals surface area contributed by atoms with Crippen LogP contribution in [0, 0.1) is 0 Å². The Morgan fingerprint density at radius 3 is 1.71 bits per heavy atom. The van der Waals surface area contributed by atoms with Crippen molar-refractivity contribution < 1.29 is 32.2 Å². The van der Waals surface area contributed by atoms with E-state index in [1.54, 1.807) is 50.5 Å². The van der Waals surface area contributed by atoms with Gasteiger partial charge in [-0.1, -0.05) is 0 Å². The predicted octanol–water partition coefficient (Wildman–Crippen LogP) is 4.78. The fraction of sp³-hybridized carbons (Fsp3) is 0.250. The zero-order valence-electron chi connectivity index (χ0n) is 15.4. The molecule has 0 fully saturated rings. The van der Waals surface area contributed by atoms with Gasteiger partial charge in [0.15, 0.2) is 0 Å². The second-order valence-electron chi connectivity index (χ2n) is 5.85. The molecule has 2 rings (SSSR count). The lowest BCUT2D eigenvalue weighted by molar-refractivity contribution is -0.137. The topological polar surface area (TPSA) is 48.0 Å². The molecule has 0 bridgehead atoms. The summed E-state index contributed by atoms with van der Waals surface area (Å²) >= 11 is 0. The van der Waals surface area contributed by atoms with Crippen molar-refractivity contribution in [3.63, 3.8) is 0 Å². The SMILES string of the molecule is CN(C)C(=O)Oc1ccc(OC/C=C/COc2ccc(C(F)(F)F)cc2)cc1. The third-order valence-corrected chi connectivity index (χ3v) is 3.43. The molecule has 0 heterocycles. The monoisotopic (exact) mass is 395 g/mol. The molecule has 2 aromatic carbocycles. The van der Waals surface area contributed by atoms with Gasteiger partial charge >= 0.3 is 12.3 Å². The van der Waals surface area contributed by atoms with Gasteiger partial charge in [0.1, 0.15) is 30.5 Å². The van der Waals surface area contributed by atoms with Crippen LogP contribution in [0.15, 0.2) is 60.7 Å². The van der Waals surface area contributed by atoms with Gasteiger partial charge in [-0.3, -0.25) is 0 Å². The maximum Gasteiger partial charge on any atom is 0.416 e. The molecule has 0 aliphatic carbocycles. The molecule has 0 spiro atoms. The molecule has 0 N–H and O–H groups in total. The Kier molecular flexibility index (Phi) is 7.31. The number of alkyl halides is 3. The van der Waals surface area contributed by atoms with Crippen LogP contribution in [-0.2, 0) is 6.18 Å². The number of rotatable bonds is 7. The molecule has 8 heteroatoms. The molecule has 1 amide bonds. The van der Waals surface area contributed by atoms with Crippen LogP contribution in [0.4, 0.5) is 18.0 Å². The smallest absolute Gasteiger partial charge is 0.416 e. The largest absolute Gasteiger partial charge is 0.490 e. The normalized spacial score (nSPS) is 11.3. The standard InChI is InChI=1S/C20H20F3NO4/c1-24(2)19(25)28-18-11-9-17(10-12-18)27-14-4-3-13-26-16-7-5-15(6-8-16)20(21,22)23/h3-12H,13-14H2,1-2H3/b4-3+. The maximum absolute atomic E-state index is 12.5. The number of benzene rings is 2. The zero-order valence-corrected chi connectivity index (χ0v) is 15.4. The van der Waals surface area contributed by atoms with E-state index < -0.39 is 17.8 Å². The van der Waals surface area contributed by atoms with Crippen LogP contribution in [-0.4, -0.2) is 38.3 Å². The summed E-state index contributed by atoms with van der Waals surface area (Å²) in [6.07, 6.45) is -1.40. The van der Waals surface area contributed by atoms with Gasteiger partial charge in [-0.25, -0.2) is 4.79 Å². The number of ether oxygens (including phenoxy) is 3. The van der Waals surface area contributed by atoms with Crippen molar-refractivity contribution in [2.45, 2.75) is 6.18 Å². The van der Waals surface area contributed by atoms with Gasteiger partial charge in [-0.15, -0.1) is 0 Å². The van der Waals surface area contributed by atoms with E-state index in [-0.39, 0.29) is 13.2 Å². The summed E-state index contributed by atoms with van der Waals surface area (Å²) in [4.78, 5) is 12.8. The van der Waals surface area contributed by atoms with Crippen LogP contribution in [0.2, 0.25) is 0 Å². The minimum atomic E-state index is -4.36. The van der Waals surface area contributed by atoms with Gasteiger partial charge in [0.05, 0.1) is 5.56 Å². The van der Waals surface area contributed by atoms with Crippen molar-refractivity contribution in [1.29, 1.82) is 0 Å². The van der Waals surface area contributed by atoms with Crippen LogP contribution in [0.1, 0.15) is 5.56 Å². The molecule has 0 radical (unpaired) electrons.